The lowest BCUT2D eigenvalue weighted by Crippen LogP contribution is -2.10. The van der Waals surface area contributed by atoms with Gasteiger partial charge in [0.05, 0.1) is 23.5 Å². The molecule has 0 atom stereocenters. The molecule has 0 bridgehead atoms. The summed E-state index contributed by atoms with van der Waals surface area (Å²) >= 11 is 0. The monoisotopic (exact) mass is 429 g/mol. The fraction of sp³-hybridized carbons (Fsp3) is 0.160. The fourth-order valence-corrected chi connectivity index (χ4v) is 3.04. The van der Waals surface area contributed by atoms with Crippen molar-refractivity contribution in [1.82, 2.24) is 15.3 Å². The lowest BCUT2D eigenvalue weighted by Gasteiger charge is -2.11. The minimum atomic E-state index is 0.233. The van der Waals surface area contributed by atoms with E-state index in [0.29, 0.717) is 30.2 Å². The second-order valence-corrected chi connectivity index (χ2v) is 7.09. The van der Waals surface area contributed by atoms with Gasteiger partial charge in [-0.1, -0.05) is 36.4 Å². The number of nitrogens with zero attached hydrogens (tertiary/aromatic N) is 2. The van der Waals surface area contributed by atoms with E-state index < -0.39 is 0 Å². The largest absolute Gasteiger partial charge is 0.396 e. The number of nitrogens with two attached hydrogens (primary N) is 1. The van der Waals surface area contributed by atoms with E-state index in [9.17, 15) is 4.79 Å². The molecule has 2 aromatic heterocycles. The Hall–Kier alpha value is -3.81. The molecule has 32 heavy (non-hydrogen) atoms. The van der Waals surface area contributed by atoms with Crippen LogP contribution in [0.25, 0.3) is 22.2 Å². The van der Waals surface area contributed by atoms with Crippen molar-refractivity contribution in [3.8, 4) is 11.3 Å². The summed E-state index contributed by atoms with van der Waals surface area (Å²) in [5.41, 5.74) is 11.1. The van der Waals surface area contributed by atoms with E-state index in [1.807, 2.05) is 48.5 Å². The number of aliphatic hydroxyl groups excluding tert-OH is 1. The van der Waals surface area contributed by atoms with Gasteiger partial charge in [-0.3, -0.25) is 9.78 Å². The normalized spacial score (nSPS) is 10.3. The van der Waals surface area contributed by atoms with Gasteiger partial charge in [-0.15, -0.1) is 0 Å². The molecule has 0 saturated carbocycles. The molecule has 2 heterocycles. The van der Waals surface area contributed by atoms with Crippen molar-refractivity contribution >= 4 is 28.7 Å². The molecule has 0 aliphatic heterocycles. The lowest BCUT2D eigenvalue weighted by atomic mass is 10.1. The number of nitrogens with one attached hydrogen (secondary N) is 2. The summed E-state index contributed by atoms with van der Waals surface area (Å²) in [4.78, 5) is 19.8. The number of aliphatic hydroxyl groups is 1. The summed E-state index contributed by atoms with van der Waals surface area (Å²) in [5, 5.41) is 15.2. The minimum Gasteiger partial charge on any atom is -0.396 e. The molecule has 5 N–H and O–H groups in total. The number of rotatable bonds is 7. The Bertz CT molecular complexity index is 1160. The van der Waals surface area contributed by atoms with E-state index in [1.165, 1.54) is 0 Å². The molecule has 0 radical (unpaired) electrons. The van der Waals surface area contributed by atoms with E-state index in [2.05, 4.69) is 26.7 Å². The van der Waals surface area contributed by atoms with Crippen LogP contribution < -0.4 is 16.4 Å². The molecule has 0 saturated heterocycles. The molecule has 7 nitrogen and oxygen atoms in total. The van der Waals surface area contributed by atoms with Crippen LogP contribution in [0.4, 0.5) is 11.5 Å². The molecule has 0 amide bonds. The number of pyridine rings is 2. The first-order valence-corrected chi connectivity index (χ1v) is 10.3. The third-order valence-corrected chi connectivity index (χ3v) is 4.76. The maximum Gasteiger partial charge on any atom is 0.150 e. The molecule has 0 aliphatic rings. The van der Waals surface area contributed by atoms with Crippen LogP contribution in [0.15, 0.2) is 72.9 Å². The first-order valence-electron chi connectivity index (χ1n) is 10.3. The van der Waals surface area contributed by atoms with E-state index in [4.69, 9.17) is 10.8 Å². The van der Waals surface area contributed by atoms with E-state index in [0.717, 1.165) is 34.0 Å². The molecule has 4 aromatic rings. The second-order valence-electron chi connectivity index (χ2n) is 7.09. The summed E-state index contributed by atoms with van der Waals surface area (Å²) in [6.07, 6.45) is 2.62. The van der Waals surface area contributed by atoms with Gasteiger partial charge in [0.25, 0.3) is 0 Å². The zero-order chi connectivity index (χ0) is 22.8. The number of aldehydes is 1. The van der Waals surface area contributed by atoms with Gasteiger partial charge in [-0.2, -0.15) is 0 Å². The van der Waals surface area contributed by atoms with Crippen LogP contribution in [-0.4, -0.2) is 41.6 Å². The van der Waals surface area contributed by atoms with Gasteiger partial charge in [0.15, 0.2) is 0 Å². The third kappa shape index (κ3) is 6.10. The van der Waals surface area contributed by atoms with Gasteiger partial charge < -0.3 is 21.5 Å². The molecular weight excluding hydrogens is 402 g/mol. The minimum absolute atomic E-state index is 0.233. The lowest BCUT2D eigenvalue weighted by molar-refractivity contribution is 0.112. The van der Waals surface area contributed by atoms with Crippen LogP contribution in [0.3, 0.4) is 0 Å². The van der Waals surface area contributed by atoms with E-state index >= 15 is 0 Å². The van der Waals surface area contributed by atoms with Gasteiger partial charge in [-0.05, 0) is 42.9 Å². The molecule has 4 rings (SSSR count). The number of hydrogen-bond acceptors (Lipinski definition) is 7. The van der Waals surface area contributed by atoms with E-state index in [-0.39, 0.29) is 6.61 Å². The van der Waals surface area contributed by atoms with Crippen LogP contribution >= 0.6 is 0 Å². The standard InChI is InChI=1S/C22H18N4O.C3H9NO/c23-19-8-10-21(17-6-3-15(14-27)4-7-17)26-22(19)25-13-16-5-9-20-18(12-16)2-1-11-24-20;1-4-2-3-5/h1-12,14H,13,23H2,(H,25,26);4-5H,2-3H2,1H3. The number of carbonyl (C=O) groups is 1. The molecular formula is C25H27N5O2. The number of anilines is 2. The fourth-order valence-electron chi connectivity index (χ4n) is 3.04. The number of aromatic nitrogens is 2. The van der Waals surface area contributed by atoms with Crippen molar-refractivity contribution in [2.75, 3.05) is 31.2 Å². The van der Waals surface area contributed by atoms with Gasteiger partial charge >= 0.3 is 0 Å². The van der Waals surface area contributed by atoms with Crippen LogP contribution in [-0.2, 0) is 6.54 Å². The maximum absolute atomic E-state index is 10.8. The van der Waals surface area contributed by atoms with Crippen molar-refractivity contribution in [2.24, 2.45) is 0 Å². The average molecular weight is 430 g/mol. The highest BCUT2D eigenvalue weighted by atomic mass is 16.3. The van der Waals surface area contributed by atoms with Crippen LogP contribution in [0.2, 0.25) is 0 Å². The quantitative estimate of drug-likeness (QED) is 0.333. The van der Waals surface area contributed by atoms with Gasteiger partial charge in [-0.25, -0.2) is 4.98 Å². The van der Waals surface area contributed by atoms with Crippen molar-refractivity contribution in [1.29, 1.82) is 0 Å². The summed E-state index contributed by atoms with van der Waals surface area (Å²) in [7, 11) is 1.80. The Kier molecular flexibility index (Phi) is 8.25. The SMILES string of the molecule is CNCCO.Nc1ccc(-c2ccc(C=O)cc2)nc1NCc1ccc2ncccc2c1. The molecule has 0 aliphatic carbocycles. The Balaban J connectivity index is 0.000000523. The highest BCUT2D eigenvalue weighted by Crippen LogP contribution is 2.24. The first kappa shape index (κ1) is 22.9. The molecule has 164 valence electrons. The molecule has 2 aromatic carbocycles. The van der Waals surface area contributed by atoms with Gasteiger partial charge in [0, 0.05) is 35.8 Å². The van der Waals surface area contributed by atoms with Gasteiger partial charge in [0.1, 0.15) is 12.1 Å². The Morgan fingerprint density at radius 2 is 1.88 bits per heavy atom. The van der Waals surface area contributed by atoms with Crippen LogP contribution in [0.1, 0.15) is 15.9 Å². The number of carbonyl (C=O) groups excluding carboxylic acids is 1. The van der Waals surface area contributed by atoms with Crippen molar-refractivity contribution in [2.45, 2.75) is 6.54 Å². The van der Waals surface area contributed by atoms with E-state index in [1.54, 1.807) is 25.4 Å². The zero-order valence-corrected chi connectivity index (χ0v) is 18.0. The number of benzene rings is 2. The molecule has 0 unspecified atom stereocenters. The number of fused-ring (bicyclic) bond motifs is 1. The Morgan fingerprint density at radius 3 is 2.56 bits per heavy atom. The third-order valence-electron chi connectivity index (χ3n) is 4.76. The predicted octanol–water partition coefficient (Wildman–Crippen LogP) is 3.50. The summed E-state index contributed by atoms with van der Waals surface area (Å²) in [6.45, 7) is 1.53. The van der Waals surface area contributed by atoms with Gasteiger partial charge in [0.2, 0.25) is 0 Å². The number of nitrogen functional groups attached to an aromatic ring is 1. The number of hydrogen-bond donors (Lipinski definition) is 4. The highest BCUT2D eigenvalue weighted by molar-refractivity contribution is 5.79. The molecule has 0 fully saturated rings. The predicted molar refractivity (Wildman–Crippen MR) is 130 cm³/mol. The van der Waals surface area contributed by atoms with Crippen LogP contribution in [0.5, 0.6) is 0 Å². The summed E-state index contributed by atoms with van der Waals surface area (Å²) in [6, 6.07) is 21.1. The smallest absolute Gasteiger partial charge is 0.150 e. The van der Waals surface area contributed by atoms with Crippen molar-refractivity contribution < 1.29 is 9.90 Å². The van der Waals surface area contributed by atoms with Crippen LogP contribution in [0, 0.1) is 0 Å². The number of likely N-dealkylation sites (N-methyl/N-ethyl adjacent to an activating group) is 1. The average Bonchev–Trinajstić information content (AvgIpc) is 2.84. The zero-order valence-electron chi connectivity index (χ0n) is 18.0. The Labute approximate surface area is 187 Å². The topological polar surface area (TPSA) is 113 Å². The molecule has 7 heteroatoms. The van der Waals surface area contributed by atoms with Crippen molar-refractivity contribution in [3.63, 3.8) is 0 Å². The maximum atomic E-state index is 10.8. The first-order chi connectivity index (χ1) is 15.6. The second kappa shape index (κ2) is 11.5. The Morgan fingerprint density at radius 1 is 1.06 bits per heavy atom. The molecule has 0 spiro atoms. The van der Waals surface area contributed by atoms with Crippen molar-refractivity contribution in [3.05, 3.63) is 84.1 Å². The highest BCUT2D eigenvalue weighted by Gasteiger charge is 2.06. The summed E-state index contributed by atoms with van der Waals surface area (Å²) in [5.74, 6) is 0.637. The summed E-state index contributed by atoms with van der Waals surface area (Å²) < 4.78 is 0.